The SMILES string of the molecule is Cc1nn(CC(C)C)c(N(C)C)c1CN[C@H](c1nccn1C)C(C)C. The van der Waals surface area contributed by atoms with Crippen LogP contribution in [0.25, 0.3) is 0 Å². The van der Waals surface area contributed by atoms with Crippen molar-refractivity contribution < 1.29 is 0 Å². The maximum atomic E-state index is 4.79. The van der Waals surface area contributed by atoms with Gasteiger partial charge in [-0.1, -0.05) is 27.7 Å². The summed E-state index contributed by atoms with van der Waals surface area (Å²) in [6.07, 6.45) is 3.87. The molecule has 0 aromatic carbocycles. The summed E-state index contributed by atoms with van der Waals surface area (Å²) in [6, 6.07) is 0.211. The maximum Gasteiger partial charge on any atom is 0.131 e. The number of hydrogen-bond acceptors (Lipinski definition) is 4. The van der Waals surface area contributed by atoms with E-state index in [1.807, 2.05) is 12.4 Å². The van der Waals surface area contributed by atoms with Gasteiger partial charge in [0.05, 0.1) is 11.7 Å². The molecular weight excluding hydrogens is 312 g/mol. The van der Waals surface area contributed by atoms with Gasteiger partial charge < -0.3 is 14.8 Å². The van der Waals surface area contributed by atoms with E-state index < -0.39 is 0 Å². The van der Waals surface area contributed by atoms with E-state index in [4.69, 9.17) is 5.10 Å². The van der Waals surface area contributed by atoms with Gasteiger partial charge in [-0.15, -0.1) is 0 Å². The molecule has 6 heteroatoms. The van der Waals surface area contributed by atoms with E-state index in [1.165, 1.54) is 11.4 Å². The molecule has 2 rings (SSSR count). The van der Waals surface area contributed by atoms with E-state index in [2.05, 4.69) is 80.2 Å². The first-order valence-electron chi connectivity index (χ1n) is 9.16. The molecular formula is C19H34N6. The molecule has 0 bridgehead atoms. The molecule has 0 saturated carbocycles. The second kappa shape index (κ2) is 8.04. The van der Waals surface area contributed by atoms with Crippen molar-refractivity contribution in [3.8, 4) is 0 Å². The molecule has 0 aliphatic rings. The molecule has 0 aliphatic heterocycles. The summed E-state index contributed by atoms with van der Waals surface area (Å²) in [7, 11) is 6.24. The van der Waals surface area contributed by atoms with Crippen LogP contribution in [0, 0.1) is 18.8 Å². The van der Waals surface area contributed by atoms with E-state index in [0.29, 0.717) is 11.8 Å². The highest BCUT2D eigenvalue weighted by atomic mass is 15.4. The Morgan fingerprint density at radius 2 is 1.88 bits per heavy atom. The zero-order valence-electron chi connectivity index (χ0n) is 17.0. The third kappa shape index (κ3) is 4.42. The number of aromatic nitrogens is 4. The molecule has 2 aromatic heterocycles. The standard InChI is InChI=1S/C19H34N6/c1-13(2)12-25-19(23(6)7)16(15(5)22-25)11-21-17(14(3)4)18-20-9-10-24(18)8/h9-10,13-14,17,21H,11-12H2,1-8H3/t17-/m0/s1. The van der Waals surface area contributed by atoms with Crippen molar-refractivity contribution in [3.05, 3.63) is 29.5 Å². The summed E-state index contributed by atoms with van der Waals surface area (Å²) in [6.45, 7) is 12.7. The predicted molar refractivity (Wildman–Crippen MR) is 104 cm³/mol. The number of anilines is 1. The third-order valence-electron chi connectivity index (χ3n) is 4.49. The number of aryl methyl sites for hydroxylation is 2. The largest absolute Gasteiger partial charge is 0.363 e. The van der Waals surface area contributed by atoms with Crippen LogP contribution in [-0.2, 0) is 20.1 Å². The lowest BCUT2D eigenvalue weighted by molar-refractivity contribution is 0.384. The van der Waals surface area contributed by atoms with Crippen LogP contribution in [0.5, 0.6) is 0 Å². The summed E-state index contributed by atoms with van der Waals surface area (Å²) in [5.41, 5.74) is 2.37. The van der Waals surface area contributed by atoms with Gasteiger partial charge in [-0.25, -0.2) is 9.67 Å². The Hall–Kier alpha value is -1.82. The van der Waals surface area contributed by atoms with Gasteiger partial charge >= 0.3 is 0 Å². The monoisotopic (exact) mass is 346 g/mol. The molecule has 6 nitrogen and oxygen atoms in total. The topological polar surface area (TPSA) is 50.9 Å². The number of nitrogens with one attached hydrogen (secondary N) is 1. The van der Waals surface area contributed by atoms with Crippen LogP contribution in [0.4, 0.5) is 5.82 Å². The molecule has 0 spiro atoms. The van der Waals surface area contributed by atoms with Crippen molar-refractivity contribution in [2.75, 3.05) is 19.0 Å². The summed E-state index contributed by atoms with van der Waals surface area (Å²) >= 11 is 0. The Balaban J connectivity index is 2.27. The molecule has 0 saturated heterocycles. The highest BCUT2D eigenvalue weighted by Crippen LogP contribution is 2.26. The normalized spacial score (nSPS) is 13.0. The Morgan fingerprint density at radius 1 is 1.20 bits per heavy atom. The molecule has 1 atom stereocenters. The minimum Gasteiger partial charge on any atom is -0.363 e. The highest BCUT2D eigenvalue weighted by molar-refractivity contribution is 5.49. The first-order chi connectivity index (χ1) is 11.7. The Labute approximate surface area is 152 Å². The first-order valence-corrected chi connectivity index (χ1v) is 9.16. The van der Waals surface area contributed by atoms with Crippen LogP contribution >= 0.6 is 0 Å². The number of rotatable bonds is 8. The zero-order chi connectivity index (χ0) is 18.7. The van der Waals surface area contributed by atoms with Crippen molar-refractivity contribution in [1.82, 2.24) is 24.6 Å². The first kappa shape index (κ1) is 19.5. The van der Waals surface area contributed by atoms with Crippen molar-refractivity contribution in [2.45, 2.75) is 53.8 Å². The lowest BCUT2D eigenvalue weighted by atomic mass is 10.0. The maximum absolute atomic E-state index is 4.79. The van der Waals surface area contributed by atoms with Crippen molar-refractivity contribution in [1.29, 1.82) is 0 Å². The minimum atomic E-state index is 0.211. The quantitative estimate of drug-likeness (QED) is 0.798. The van der Waals surface area contributed by atoms with Gasteiger partial charge in [-0.3, -0.25) is 0 Å². The van der Waals surface area contributed by atoms with Gasteiger partial charge in [0.15, 0.2) is 0 Å². The van der Waals surface area contributed by atoms with E-state index in [-0.39, 0.29) is 6.04 Å². The molecule has 0 radical (unpaired) electrons. The molecule has 0 amide bonds. The summed E-state index contributed by atoms with van der Waals surface area (Å²) in [4.78, 5) is 6.71. The van der Waals surface area contributed by atoms with Gasteiger partial charge in [-0.2, -0.15) is 5.10 Å². The Bertz CT molecular complexity index is 680. The number of hydrogen-bond donors (Lipinski definition) is 1. The number of nitrogens with zero attached hydrogens (tertiary/aromatic N) is 5. The van der Waals surface area contributed by atoms with Crippen LogP contribution in [0.15, 0.2) is 12.4 Å². The average molecular weight is 347 g/mol. The van der Waals surface area contributed by atoms with Crippen LogP contribution in [0.3, 0.4) is 0 Å². The van der Waals surface area contributed by atoms with Crippen molar-refractivity contribution in [3.63, 3.8) is 0 Å². The van der Waals surface area contributed by atoms with E-state index in [0.717, 1.165) is 24.6 Å². The molecule has 140 valence electrons. The van der Waals surface area contributed by atoms with Gasteiger partial charge in [0, 0.05) is 52.2 Å². The second-order valence-electron chi connectivity index (χ2n) is 7.86. The van der Waals surface area contributed by atoms with E-state index >= 15 is 0 Å². The third-order valence-corrected chi connectivity index (χ3v) is 4.49. The van der Waals surface area contributed by atoms with Crippen LogP contribution in [0.1, 0.15) is 50.8 Å². The molecule has 0 fully saturated rings. The predicted octanol–water partition coefficient (Wildman–Crippen LogP) is 3.13. The number of imidazole rings is 1. The summed E-state index contributed by atoms with van der Waals surface area (Å²) < 4.78 is 4.24. The molecule has 1 N–H and O–H groups in total. The van der Waals surface area contributed by atoms with Crippen LogP contribution < -0.4 is 10.2 Å². The van der Waals surface area contributed by atoms with Gasteiger partial charge in [0.2, 0.25) is 0 Å². The summed E-state index contributed by atoms with van der Waals surface area (Å²) in [5.74, 6) is 3.29. The second-order valence-corrected chi connectivity index (χ2v) is 7.86. The smallest absolute Gasteiger partial charge is 0.131 e. The van der Waals surface area contributed by atoms with Gasteiger partial charge in [0.1, 0.15) is 11.6 Å². The molecule has 2 heterocycles. The van der Waals surface area contributed by atoms with Crippen LogP contribution in [0.2, 0.25) is 0 Å². The van der Waals surface area contributed by atoms with Crippen molar-refractivity contribution in [2.24, 2.45) is 18.9 Å². The molecule has 0 aliphatic carbocycles. The van der Waals surface area contributed by atoms with Crippen LogP contribution in [-0.4, -0.2) is 33.4 Å². The lowest BCUT2D eigenvalue weighted by Gasteiger charge is -2.23. The van der Waals surface area contributed by atoms with Crippen molar-refractivity contribution >= 4 is 5.82 Å². The molecule has 0 unspecified atom stereocenters. The highest BCUT2D eigenvalue weighted by Gasteiger charge is 2.22. The van der Waals surface area contributed by atoms with E-state index in [9.17, 15) is 0 Å². The Kier molecular flexibility index (Phi) is 6.27. The minimum absolute atomic E-state index is 0.211. The van der Waals surface area contributed by atoms with E-state index in [1.54, 1.807) is 0 Å². The van der Waals surface area contributed by atoms with Gasteiger partial charge in [-0.05, 0) is 18.8 Å². The molecule has 2 aromatic rings. The van der Waals surface area contributed by atoms with Gasteiger partial charge in [0.25, 0.3) is 0 Å². The zero-order valence-corrected chi connectivity index (χ0v) is 17.0. The lowest BCUT2D eigenvalue weighted by Crippen LogP contribution is -2.29. The summed E-state index contributed by atoms with van der Waals surface area (Å²) in [5, 5.41) is 8.51. The fourth-order valence-corrected chi connectivity index (χ4v) is 3.30. The fraction of sp³-hybridized carbons (Fsp3) is 0.684. The fourth-order valence-electron chi connectivity index (χ4n) is 3.30. The molecule has 25 heavy (non-hydrogen) atoms. The average Bonchev–Trinajstić information content (AvgIpc) is 3.02. The Morgan fingerprint density at radius 3 is 2.36 bits per heavy atom.